The lowest BCUT2D eigenvalue weighted by Crippen LogP contribution is -2.30. The first-order chi connectivity index (χ1) is 48.0. The van der Waals surface area contributed by atoms with Crippen molar-refractivity contribution in [2.24, 2.45) is 5.92 Å². The molecule has 588 valence electrons. The highest BCUT2D eigenvalue weighted by Gasteiger charge is 2.30. The number of esters is 4. The Kier molecular flexibility index (Phi) is 71.6. The Morgan fingerprint density at radius 3 is 0.687 bits per heavy atom. The highest BCUT2D eigenvalue weighted by atomic mass is 31.2. The molecule has 0 aromatic rings. The Morgan fingerprint density at radius 2 is 0.465 bits per heavy atom. The number of ether oxygens (including phenoxy) is 4. The molecule has 0 aliphatic rings. The minimum absolute atomic E-state index is 0.108. The normalized spacial score (nSPS) is 13.9. The van der Waals surface area contributed by atoms with Crippen molar-refractivity contribution in [3.8, 4) is 0 Å². The van der Waals surface area contributed by atoms with Crippen LogP contribution in [-0.2, 0) is 65.4 Å². The molecule has 0 aliphatic carbocycles. The number of hydrogen-bond acceptors (Lipinski definition) is 15. The number of carbonyl (C=O) groups excluding carboxylic acids is 4. The van der Waals surface area contributed by atoms with Gasteiger partial charge in [-0.25, -0.2) is 9.13 Å². The number of phosphoric acid groups is 2. The summed E-state index contributed by atoms with van der Waals surface area (Å²) in [5.41, 5.74) is 0. The topological polar surface area (TPSA) is 237 Å². The summed E-state index contributed by atoms with van der Waals surface area (Å²) in [4.78, 5) is 73.0. The lowest BCUT2D eigenvalue weighted by molar-refractivity contribution is -0.161. The van der Waals surface area contributed by atoms with Crippen molar-refractivity contribution in [1.82, 2.24) is 0 Å². The SMILES string of the molecule is CCCCCCCCCCCCCCCCCCCCCCCC(=O)O[C@H](COC(=O)CCCCCCCCCCCCCCC(C)C)COP(=O)(O)OC[C@@H](O)COP(=O)(O)OC[C@@H](COC(=O)CCCCCCCCCCCCC)OC(=O)CCCCCCCCCCCCCC. The van der Waals surface area contributed by atoms with Gasteiger partial charge in [0.15, 0.2) is 12.2 Å². The minimum atomic E-state index is -4.96. The highest BCUT2D eigenvalue weighted by molar-refractivity contribution is 7.47. The van der Waals surface area contributed by atoms with Gasteiger partial charge in [0.25, 0.3) is 0 Å². The summed E-state index contributed by atoms with van der Waals surface area (Å²) in [6.45, 7) is 7.33. The molecular weight excluding hydrogens is 1290 g/mol. The van der Waals surface area contributed by atoms with Gasteiger partial charge in [0, 0.05) is 25.7 Å². The standard InChI is InChI=1S/C80H156O17P2/c1-6-9-12-15-18-21-24-26-27-28-29-30-31-32-33-34-41-46-51-56-61-66-80(85)97-76(70-91-78(83)64-59-54-49-44-40-36-35-38-42-47-52-57-62-73(4)5)72-95-99(88,89)93-68-74(81)67-92-98(86,87)94-71-75(69-90-77(82)63-58-53-48-43-37-23-20-17-14-11-8-3)96-79(84)65-60-55-50-45-39-25-22-19-16-13-10-7-2/h73-76,81H,6-72H2,1-5H3,(H,86,87)(H,88,89)/t74-,75+,76+/m0/s1. The maximum Gasteiger partial charge on any atom is 0.472 e. The lowest BCUT2D eigenvalue weighted by Gasteiger charge is -2.21. The predicted octanol–water partition coefficient (Wildman–Crippen LogP) is 24.0. The summed E-state index contributed by atoms with van der Waals surface area (Å²) in [5, 5.41) is 10.6. The number of hydrogen-bond donors (Lipinski definition) is 3. The first-order valence-corrected chi connectivity index (χ1v) is 44.6. The number of unbranched alkanes of at least 4 members (excludes halogenated alkanes) is 52. The molecule has 19 heteroatoms. The number of phosphoric ester groups is 2. The molecule has 0 aromatic carbocycles. The van der Waals surface area contributed by atoms with Crippen LogP contribution in [0.4, 0.5) is 0 Å². The first-order valence-electron chi connectivity index (χ1n) is 41.6. The van der Waals surface area contributed by atoms with Gasteiger partial charge < -0.3 is 33.8 Å². The van der Waals surface area contributed by atoms with Crippen molar-refractivity contribution in [2.75, 3.05) is 39.6 Å². The average molecular weight is 1450 g/mol. The molecule has 0 bridgehead atoms. The van der Waals surface area contributed by atoms with Crippen LogP contribution in [0, 0.1) is 5.92 Å². The summed E-state index contributed by atoms with van der Waals surface area (Å²) < 4.78 is 68.7. The second kappa shape index (κ2) is 73.0. The molecule has 0 saturated carbocycles. The first kappa shape index (κ1) is 97.1. The van der Waals surface area contributed by atoms with E-state index in [1.54, 1.807) is 0 Å². The molecule has 0 spiro atoms. The smallest absolute Gasteiger partial charge is 0.462 e. The fraction of sp³-hybridized carbons (Fsp3) is 0.950. The van der Waals surface area contributed by atoms with Crippen LogP contribution in [-0.4, -0.2) is 96.7 Å². The summed E-state index contributed by atoms with van der Waals surface area (Å²) in [6.07, 6.45) is 63.8. The van der Waals surface area contributed by atoms with Crippen molar-refractivity contribution >= 4 is 39.5 Å². The molecule has 5 atom stereocenters. The van der Waals surface area contributed by atoms with E-state index in [9.17, 15) is 43.2 Å². The monoisotopic (exact) mass is 1450 g/mol. The molecule has 0 amide bonds. The molecule has 0 aromatic heterocycles. The number of aliphatic hydroxyl groups excluding tert-OH is 1. The molecule has 17 nitrogen and oxygen atoms in total. The Balaban J connectivity index is 5.21. The summed E-state index contributed by atoms with van der Waals surface area (Å²) in [5.74, 6) is -1.33. The second-order valence-corrected chi connectivity index (χ2v) is 32.2. The van der Waals surface area contributed by atoms with Gasteiger partial charge in [0.2, 0.25) is 0 Å². The van der Waals surface area contributed by atoms with Crippen LogP contribution < -0.4 is 0 Å². The molecule has 99 heavy (non-hydrogen) atoms. The van der Waals surface area contributed by atoms with Gasteiger partial charge in [-0.1, -0.05) is 375 Å². The molecule has 0 saturated heterocycles. The Bertz CT molecular complexity index is 1890. The van der Waals surface area contributed by atoms with Gasteiger partial charge in [-0.05, 0) is 31.6 Å². The molecule has 0 fully saturated rings. The number of aliphatic hydroxyl groups is 1. The van der Waals surface area contributed by atoms with Crippen LogP contribution >= 0.6 is 15.6 Å². The van der Waals surface area contributed by atoms with Crippen LogP contribution in [0.15, 0.2) is 0 Å². The van der Waals surface area contributed by atoms with Crippen LogP contribution in [0.3, 0.4) is 0 Å². The lowest BCUT2D eigenvalue weighted by atomic mass is 10.0. The number of carbonyl (C=O) groups is 4. The average Bonchev–Trinajstić information content (AvgIpc) is 1.10. The molecule has 0 radical (unpaired) electrons. The fourth-order valence-corrected chi connectivity index (χ4v) is 14.0. The minimum Gasteiger partial charge on any atom is -0.462 e. The van der Waals surface area contributed by atoms with E-state index in [2.05, 4.69) is 34.6 Å². The number of rotatable bonds is 80. The van der Waals surface area contributed by atoms with Gasteiger partial charge >= 0.3 is 39.5 Å². The van der Waals surface area contributed by atoms with Gasteiger partial charge in [-0.15, -0.1) is 0 Å². The summed E-state index contributed by atoms with van der Waals surface area (Å²) in [6, 6.07) is 0. The van der Waals surface area contributed by atoms with Crippen molar-refractivity contribution in [2.45, 2.75) is 445 Å². The molecular formula is C80H156O17P2. The quantitative estimate of drug-likeness (QED) is 0.0222. The predicted molar refractivity (Wildman–Crippen MR) is 405 cm³/mol. The van der Waals surface area contributed by atoms with E-state index in [0.29, 0.717) is 25.7 Å². The van der Waals surface area contributed by atoms with Crippen LogP contribution in [0.1, 0.15) is 426 Å². The molecule has 0 aliphatic heterocycles. The van der Waals surface area contributed by atoms with E-state index in [0.717, 1.165) is 95.8 Å². The van der Waals surface area contributed by atoms with Crippen molar-refractivity contribution in [1.29, 1.82) is 0 Å². The van der Waals surface area contributed by atoms with E-state index < -0.39 is 97.5 Å². The fourth-order valence-electron chi connectivity index (χ4n) is 12.4. The van der Waals surface area contributed by atoms with E-state index in [-0.39, 0.29) is 25.7 Å². The highest BCUT2D eigenvalue weighted by Crippen LogP contribution is 2.45. The largest absolute Gasteiger partial charge is 0.472 e. The van der Waals surface area contributed by atoms with Crippen molar-refractivity contribution < 1.29 is 80.2 Å². The van der Waals surface area contributed by atoms with E-state index in [1.165, 1.54) is 250 Å². The zero-order valence-corrected chi connectivity index (χ0v) is 66.4. The van der Waals surface area contributed by atoms with E-state index in [4.69, 9.17) is 37.0 Å². The maximum absolute atomic E-state index is 13.1. The third-order valence-electron chi connectivity index (χ3n) is 18.8. The molecule has 2 unspecified atom stereocenters. The van der Waals surface area contributed by atoms with Crippen LogP contribution in [0.5, 0.6) is 0 Å². The molecule has 0 heterocycles. The Labute approximate surface area is 607 Å². The maximum atomic E-state index is 13.1. The van der Waals surface area contributed by atoms with Gasteiger partial charge in [0.05, 0.1) is 26.4 Å². The summed E-state index contributed by atoms with van der Waals surface area (Å²) in [7, 11) is -9.91. The van der Waals surface area contributed by atoms with Gasteiger partial charge in [0.1, 0.15) is 19.3 Å². The Morgan fingerprint density at radius 1 is 0.273 bits per heavy atom. The van der Waals surface area contributed by atoms with E-state index >= 15 is 0 Å². The third kappa shape index (κ3) is 74.1. The van der Waals surface area contributed by atoms with Crippen molar-refractivity contribution in [3.63, 3.8) is 0 Å². The van der Waals surface area contributed by atoms with Gasteiger partial charge in [-0.3, -0.25) is 37.3 Å². The summed E-state index contributed by atoms with van der Waals surface area (Å²) >= 11 is 0. The second-order valence-electron chi connectivity index (χ2n) is 29.3. The van der Waals surface area contributed by atoms with Crippen molar-refractivity contribution in [3.05, 3.63) is 0 Å². The Hall–Kier alpha value is -1.94. The third-order valence-corrected chi connectivity index (χ3v) is 20.7. The zero-order valence-electron chi connectivity index (χ0n) is 64.6. The van der Waals surface area contributed by atoms with Crippen LogP contribution in [0.2, 0.25) is 0 Å². The van der Waals surface area contributed by atoms with Crippen LogP contribution in [0.25, 0.3) is 0 Å². The molecule has 3 N–H and O–H groups in total. The van der Waals surface area contributed by atoms with E-state index in [1.807, 2.05) is 0 Å². The zero-order chi connectivity index (χ0) is 72.7. The van der Waals surface area contributed by atoms with Gasteiger partial charge in [-0.2, -0.15) is 0 Å². The molecule has 0 rings (SSSR count).